The summed E-state index contributed by atoms with van der Waals surface area (Å²) < 4.78 is 11.9. The molecule has 88 valence electrons. The third kappa shape index (κ3) is 0.784. The van der Waals surface area contributed by atoms with Crippen molar-refractivity contribution in [3.63, 3.8) is 0 Å². The second-order valence-electron chi connectivity index (χ2n) is 6.24. The highest BCUT2D eigenvalue weighted by Gasteiger charge is 2.77. The molecule has 0 radical (unpaired) electrons. The molecule has 16 heavy (non-hydrogen) atoms. The maximum absolute atomic E-state index is 12.4. The molecule has 6 aliphatic rings. The van der Waals surface area contributed by atoms with Gasteiger partial charge < -0.3 is 9.47 Å². The van der Waals surface area contributed by atoms with E-state index in [1.54, 1.807) is 0 Å². The standard InChI is InChI=1S/C13H18O3/c1-11-7-4-9-8-12(16-11)5-2-3-6-13(9,12)10(14)15-11/h9H,2-8H2,1H3/t9?,11-,12+,13+/m1/s1. The summed E-state index contributed by atoms with van der Waals surface area (Å²) in [6.07, 6.45) is 7.50. The van der Waals surface area contributed by atoms with Gasteiger partial charge in [0, 0.05) is 13.3 Å². The Morgan fingerprint density at radius 3 is 2.94 bits per heavy atom. The maximum Gasteiger partial charge on any atom is 0.317 e. The van der Waals surface area contributed by atoms with Gasteiger partial charge in [-0.05, 0) is 31.6 Å². The summed E-state index contributed by atoms with van der Waals surface area (Å²) in [4.78, 5) is 12.4. The minimum atomic E-state index is -0.622. The van der Waals surface area contributed by atoms with Crippen LogP contribution in [0, 0.1) is 11.3 Å². The van der Waals surface area contributed by atoms with Crippen LogP contribution in [0.25, 0.3) is 0 Å². The summed E-state index contributed by atoms with van der Waals surface area (Å²) in [6, 6.07) is 0. The Hall–Kier alpha value is -0.570. The molecule has 6 rings (SSSR count). The van der Waals surface area contributed by atoms with E-state index in [9.17, 15) is 4.79 Å². The highest BCUT2D eigenvalue weighted by atomic mass is 16.7. The number of esters is 1. The van der Waals surface area contributed by atoms with Crippen LogP contribution in [-0.4, -0.2) is 17.4 Å². The van der Waals surface area contributed by atoms with Crippen molar-refractivity contribution in [3.8, 4) is 0 Å². The highest BCUT2D eigenvalue weighted by Crippen LogP contribution is 2.71. The average Bonchev–Trinajstić information content (AvgIpc) is 2.44. The summed E-state index contributed by atoms with van der Waals surface area (Å²) in [7, 11) is 0. The summed E-state index contributed by atoms with van der Waals surface area (Å²) >= 11 is 0. The van der Waals surface area contributed by atoms with E-state index in [2.05, 4.69) is 0 Å². The van der Waals surface area contributed by atoms with Crippen LogP contribution in [0.1, 0.15) is 51.9 Å². The van der Waals surface area contributed by atoms with E-state index in [0.29, 0.717) is 5.92 Å². The number of rotatable bonds is 0. The Morgan fingerprint density at radius 1 is 1.25 bits per heavy atom. The SMILES string of the molecule is C[C@@]12CCC3C[C@]4(CCCC[C@@]34C(=O)O1)O2. The van der Waals surface area contributed by atoms with Gasteiger partial charge in [0.1, 0.15) is 5.41 Å². The Bertz CT molecular complexity index is 379. The van der Waals surface area contributed by atoms with E-state index in [4.69, 9.17) is 9.47 Å². The lowest BCUT2D eigenvalue weighted by Gasteiger charge is -2.66. The molecule has 4 atom stereocenters. The molecule has 3 nitrogen and oxygen atoms in total. The highest BCUT2D eigenvalue weighted by molar-refractivity contribution is 5.82. The van der Waals surface area contributed by atoms with Crippen molar-refractivity contribution in [2.45, 2.75) is 63.3 Å². The Morgan fingerprint density at radius 2 is 2.06 bits per heavy atom. The van der Waals surface area contributed by atoms with Crippen LogP contribution >= 0.6 is 0 Å². The lowest BCUT2D eigenvalue weighted by molar-refractivity contribution is -0.367. The van der Waals surface area contributed by atoms with Gasteiger partial charge >= 0.3 is 5.97 Å². The van der Waals surface area contributed by atoms with Crippen molar-refractivity contribution in [3.05, 3.63) is 0 Å². The molecular weight excluding hydrogens is 204 g/mol. The molecule has 0 aromatic carbocycles. The molecule has 2 aliphatic carbocycles. The molecule has 3 heteroatoms. The van der Waals surface area contributed by atoms with E-state index in [-0.39, 0.29) is 17.0 Å². The molecule has 0 N–H and O–H groups in total. The first-order chi connectivity index (χ1) is 7.60. The van der Waals surface area contributed by atoms with Crippen LogP contribution in [0.3, 0.4) is 0 Å². The number of fused-ring (bicyclic) bond motifs is 1. The molecule has 0 aromatic rings. The van der Waals surface area contributed by atoms with Gasteiger partial charge in [-0.1, -0.05) is 12.8 Å². The molecule has 4 heterocycles. The van der Waals surface area contributed by atoms with E-state index in [0.717, 1.165) is 38.5 Å². The fourth-order valence-electron chi connectivity index (χ4n) is 4.81. The predicted molar refractivity (Wildman–Crippen MR) is 56.6 cm³/mol. The molecule has 4 aliphatic heterocycles. The van der Waals surface area contributed by atoms with Crippen LogP contribution in [-0.2, 0) is 14.3 Å². The van der Waals surface area contributed by atoms with Crippen molar-refractivity contribution in [2.75, 3.05) is 0 Å². The zero-order valence-corrected chi connectivity index (χ0v) is 9.75. The lowest BCUT2D eigenvalue weighted by Crippen LogP contribution is -2.73. The number of hydrogen-bond donors (Lipinski definition) is 0. The second kappa shape index (κ2) is 2.47. The third-order valence-electron chi connectivity index (χ3n) is 5.52. The van der Waals surface area contributed by atoms with Gasteiger partial charge in [0.25, 0.3) is 0 Å². The number of hydrogen-bond acceptors (Lipinski definition) is 3. The van der Waals surface area contributed by atoms with Crippen molar-refractivity contribution < 1.29 is 14.3 Å². The summed E-state index contributed by atoms with van der Waals surface area (Å²) in [5, 5.41) is 0. The Kier molecular flexibility index (Phi) is 1.46. The summed E-state index contributed by atoms with van der Waals surface area (Å²) in [5.41, 5.74) is -0.391. The van der Waals surface area contributed by atoms with Gasteiger partial charge in [-0.2, -0.15) is 0 Å². The zero-order chi connectivity index (χ0) is 11.0. The lowest BCUT2D eigenvalue weighted by atomic mass is 9.44. The fourth-order valence-corrected chi connectivity index (χ4v) is 4.81. The predicted octanol–water partition coefficient (Wildman–Crippen LogP) is 2.39. The molecular formula is C13H18O3. The van der Waals surface area contributed by atoms with E-state index >= 15 is 0 Å². The minimum absolute atomic E-state index is 0.0506. The van der Waals surface area contributed by atoms with Crippen LogP contribution in [0.4, 0.5) is 0 Å². The summed E-state index contributed by atoms with van der Waals surface area (Å²) in [6.45, 7) is 1.94. The fraction of sp³-hybridized carbons (Fsp3) is 0.923. The molecule has 6 fully saturated rings. The van der Waals surface area contributed by atoms with Gasteiger partial charge in [0.05, 0.1) is 5.60 Å². The molecule has 1 unspecified atom stereocenters. The topological polar surface area (TPSA) is 35.5 Å². The van der Waals surface area contributed by atoms with Gasteiger partial charge in [0.2, 0.25) is 5.79 Å². The van der Waals surface area contributed by atoms with E-state index in [1.165, 1.54) is 6.42 Å². The Labute approximate surface area is 95.5 Å². The molecule has 0 aromatic heterocycles. The number of carbonyl (C=O) groups is 1. The quantitative estimate of drug-likeness (QED) is 0.590. The van der Waals surface area contributed by atoms with E-state index in [1.807, 2.05) is 6.92 Å². The first kappa shape index (κ1) is 9.46. The summed E-state index contributed by atoms with van der Waals surface area (Å²) in [5.74, 6) is -0.0391. The van der Waals surface area contributed by atoms with Crippen molar-refractivity contribution in [1.82, 2.24) is 0 Å². The minimum Gasteiger partial charge on any atom is -0.433 e. The van der Waals surface area contributed by atoms with Crippen LogP contribution in [0.15, 0.2) is 0 Å². The molecule has 2 spiro atoms. The average molecular weight is 222 g/mol. The van der Waals surface area contributed by atoms with Crippen LogP contribution in [0.5, 0.6) is 0 Å². The third-order valence-corrected chi connectivity index (χ3v) is 5.52. The number of ether oxygens (including phenoxy) is 2. The van der Waals surface area contributed by atoms with Crippen molar-refractivity contribution in [1.29, 1.82) is 0 Å². The first-order valence-electron chi connectivity index (χ1n) is 6.54. The van der Waals surface area contributed by atoms with Crippen LogP contribution in [0.2, 0.25) is 0 Å². The monoisotopic (exact) mass is 222 g/mol. The molecule has 0 amide bonds. The second-order valence-corrected chi connectivity index (χ2v) is 6.24. The zero-order valence-electron chi connectivity index (χ0n) is 9.75. The normalized spacial score (nSPS) is 58.3. The van der Waals surface area contributed by atoms with Gasteiger partial charge in [-0.3, -0.25) is 4.79 Å². The van der Waals surface area contributed by atoms with Gasteiger partial charge in [0.15, 0.2) is 0 Å². The largest absolute Gasteiger partial charge is 0.433 e. The van der Waals surface area contributed by atoms with Crippen LogP contribution < -0.4 is 0 Å². The van der Waals surface area contributed by atoms with Gasteiger partial charge in [-0.15, -0.1) is 0 Å². The van der Waals surface area contributed by atoms with Crippen molar-refractivity contribution >= 4 is 5.97 Å². The molecule has 4 bridgehead atoms. The molecule has 4 saturated heterocycles. The Balaban J connectivity index is 1.89. The first-order valence-corrected chi connectivity index (χ1v) is 6.54. The number of carbonyl (C=O) groups excluding carboxylic acids is 1. The maximum atomic E-state index is 12.4. The molecule has 2 saturated carbocycles. The van der Waals surface area contributed by atoms with Gasteiger partial charge in [-0.25, -0.2) is 0 Å². The van der Waals surface area contributed by atoms with Crippen molar-refractivity contribution in [2.24, 2.45) is 11.3 Å². The van der Waals surface area contributed by atoms with E-state index < -0.39 is 5.79 Å². The smallest absolute Gasteiger partial charge is 0.317 e.